The molecule has 8 heteroatoms. The van der Waals surface area contributed by atoms with Gasteiger partial charge in [-0.05, 0) is 60.9 Å². The monoisotopic (exact) mass is 514 g/mol. The Labute approximate surface area is 218 Å². The maximum Gasteiger partial charge on any atom is 0.301 e. The van der Waals surface area contributed by atoms with Crippen LogP contribution < -0.4 is 14.4 Å². The third-order valence-electron chi connectivity index (χ3n) is 6.20. The Bertz CT molecular complexity index is 1520. The first-order valence-corrected chi connectivity index (χ1v) is 12.8. The average Bonchev–Trinajstić information content (AvgIpc) is 3.44. The Morgan fingerprint density at radius 1 is 1.05 bits per heavy atom. The smallest absolute Gasteiger partial charge is 0.301 e. The Hall–Kier alpha value is -4.17. The molecule has 4 aromatic rings. The number of aliphatic hydroxyl groups excluding tert-OH is 1. The highest BCUT2D eigenvalue weighted by molar-refractivity contribution is 7.22. The predicted octanol–water partition coefficient (Wildman–Crippen LogP) is 6.03. The number of hydrogen-bond acceptors (Lipinski definition) is 7. The number of ether oxygens (including phenoxy) is 2. The van der Waals surface area contributed by atoms with Crippen LogP contribution in [0.1, 0.15) is 36.1 Å². The molecule has 0 unspecified atom stereocenters. The maximum absolute atomic E-state index is 13.5. The molecule has 37 heavy (non-hydrogen) atoms. The molecule has 3 aromatic carbocycles. The zero-order chi connectivity index (χ0) is 26.1. The van der Waals surface area contributed by atoms with Gasteiger partial charge in [0.05, 0.1) is 35.5 Å². The van der Waals surface area contributed by atoms with Crippen molar-refractivity contribution in [3.8, 4) is 11.5 Å². The van der Waals surface area contributed by atoms with Gasteiger partial charge in [0, 0.05) is 5.56 Å². The van der Waals surface area contributed by atoms with E-state index in [1.807, 2.05) is 44.2 Å². The highest BCUT2D eigenvalue weighted by atomic mass is 32.1. The molecular formula is C29H26N2O5S. The number of Topliss-reactive ketones (excluding diaryl/α,β-unsaturated/α-hetero) is 1. The van der Waals surface area contributed by atoms with Crippen molar-refractivity contribution in [1.82, 2.24) is 4.98 Å². The van der Waals surface area contributed by atoms with Crippen LogP contribution in [0.3, 0.4) is 0 Å². The van der Waals surface area contributed by atoms with Gasteiger partial charge in [-0.1, -0.05) is 48.6 Å². The summed E-state index contributed by atoms with van der Waals surface area (Å²) in [6, 6.07) is 19.0. The number of carbonyl (C=O) groups excluding carboxylic acids is 2. The average molecular weight is 515 g/mol. The van der Waals surface area contributed by atoms with Crippen LogP contribution in [0.4, 0.5) is 5.13 Å². The first-order valence-electron chi connectivity index (χ1n) is 12.0. The first-order chi connectivity index (χ1) is 17.9. The van der Waals surface area contributed by atoms with Gasteiger partial charge in [-0.2, -0.15) is 0 Å². The second-order valence-electron chi connectivity index (χ2n) is 8.79. The molecule has 1 aromatic heterocycles. The normalized spacial score (nSPS) is 16.9. The molecular weight excluding hydrogens is 488 g/mol. The van der Waals surface area contributed by atoms with Gasteiger partial charge in [-0.3, -0.25) is 14.5 Å². The van der Waals surface area contributed by atoms with Crippen LogP contribution in [-0.2, 0) is 9.59 Å². The second-order valence-corrected chi connectivity index (χ2v) is 9.80. The lowest BCUT2D eigenvalue weighted by atomic mass is 9.95. The lowest BCUT2D eigenvalue weighted by Crippen LogP contribution is -2.29. The van der Waals surface area contributed by atoms with E-state index in [9.17, 15) is 14.7 Å². The number of aryl methyl sites for hydroxylation is 1. The summed E-state index contributed by atoms with van der Waals surface area (Å²) in [5, 5.41) is 11.7. The fourth-order valence-corrected chi connectivity index (χ4v) is 5.45. The van der Waals surface area contributed by atoms with Crippen LogP contribution in [-0.4, -0.2) is 35.5 Å². The fourth-order valence-electron chi connectivity index (χ4n) is 4.36. The number of anilines is 1. The Kier molecular flexibility index (Phi) is 6.67. The molecule has 0 spiro atoms. The first kappa shape index (κ1) is 24.5. The quantitative estimate of drug-likeness (QED) is 0.184. The van der Waals surface area contributed by atoms with Gasteiger partial charge in [0.1, 0.15) is 17.3 Å². The van der Waals surface area contributed by atoms with Gasteiger partial charge in [0.25, 0.3) is 5.78 Å². The third-order valence-corrected chi connectivity index (χ3v) is 7.21. The minimum Gasteiger partial charge on any atom is -0.507 e. The standard InChI is InChI=1S/C29H26N2O5S/c1-4-14-36-20-11-9-18(10-12-20)25-24(26(32)19-6-5-7-21(16-19)35-3)27(33)28(34)31(25)29-30-22-13-8-17(2)15-23(22)37-29/h5-13,15-16,25,32H,4,14H2,1-3H3/t25-/m1/s1. The molecule has 0 saturated carbocycles. The summed E-state index contributed by atoms with van der Waals surface area (Å²) in [6.45, 7) is 4.60. The topological polar surface area (TPSA) is 89.0 Å². The Morgan fingerprint density at radius 3 is 2.57 bits per heavy atom. The number of methoxy groups -OCH3 is 1. The molecule has 1 aliphatic heterocycles. The van der Waals surface area contributed by atoms with Crippen LogP contribution >= 0.6 is 11.3 Å². The number of carbonyl (C=O) groups is 2. The molecule has 1 atom stereocenters. The van der Waals surface area contributed by atoms with Crippen molar-refractivity contribution in [2.75, 3.05) is 18.6 Å². The van der Waals surface area contributed by atoms with E-state index in [1.54, 1.807) is 36.4 Å². The molecule has 1 amide bonds. The highest BCUT2D eigenvalue weighted by Crippen LogP contribution is 2.44. The minimum absolute atomic E-state index is 0.00378. The highest BCUT2D eigenvalue weighted by Gasteiger charge is 2.48. The van der Waals surface area contributed by atoms with E-state index in [1.165, 1.54) is 23.3 Å². The van der Waals surface area contributed by atoms with E-state index in [2.05, 4.69) is 4.98 Å². The number of nitrogens with zero attached hydrogens (tertiary/aromatic N) is 2. The molecule has 1 fully saturated rings. The van der Waals surface area contributed by atoms with Gasteiger partial charge in [-0.25, -0.2) is 4.98 Å². The summed E-state index contributed by atoms with van der Waals surface area (Å²) in [6.07, 6.45) is 0.875. The van der Waals surface area contributed by atoms with Gasteiger partial charge in [0.15, 0.2) is 5.13 Å². The summed E-state index contributed by atoms with van der Waals surface area (Å²) < 4.78 is 11.9. The molecule has 5 rings (SSSR count). The van der Waals surface area contributed by atoms with E-state index in [0.717, 1.165) is 22.2 Å². The van der Waals surface area contributed by atoms with Crippen molar-refractivity contribution < 1.29 is 24.2 Å². The minimum atomic E-state index is -0.868. The number of rotatable bonds is 7. The number of aliphatic hydroxyl groups is 1. The number of aromatic nitrogens is 1. The Balaban J connectivity index is 1.68. The maximum atomic E-state index is 13.5. The number of benzene rings is 3. The van der Waals surface area contributed by atoms with Crippen molar-refractivity contribution in [3.63, 3.8) is 0 Å². The van der Waals surface area contributed by atoms with Crippen molar-refractivity contribution in [2.24, 2.45) is 0 Å². The Morgan fingerprint density at radius 2 is 1.84 bits per heavy atom. The van der Waals surface area contributed by atoms with Crippen molar-refractivity contribution in [2.45, 2.75) is 26.3 Å². The van der Waals surface area contributed by atoms with Gasteiger partial charge in [-0.15, -0.1) is 0 Å². The van der Waals surface area contributed by atoms with E-state index < -0.39 is 17.7 Å². The van der Waals surface area contributed by atoms with E-state index >= 15 is 0 Å². The lowest BCUT2D eigenvalue weighted by molar-refractivity contribution is -0.132. The van der Waals surface area contributed by atoms with Crippen LogP contribution in [0.5, 0.6) is 11.5 Å². The van der Waals surface area contributed by atoms with Crippen molar-refractivity contribution in [3.05, 3.63) is 89.0 Å². The number of ketones is 1. The summed E-state index contributed by atoms with van der Waals surface area (Å²) in [4.78, 5) is 32.9. The SMILES string of the molecule is CCCOc1ccc([C@@H]2C(=C(O)c3cccc(OC)c3)C(=O)C(=O)N2c2nc3ccc(C)cc3s2)cc1. The lowest BCUT2D eigenvalue weighted by Gasteiger charge is -2.23. The molecule has 1 N–H and O–H groups in total. The van der Waals surface area contributed by atoms with Crippen molar-refractivity contribution in [1.29, 1.82) is 0 Å². The van der Waals surface area contributed by atoms with E-state index in [-0.39, 0.29) is 11.3 Å². The predicted molar refractivity (Wildman–Crippen MR) is 144 cm³/mol. The van der Waals surface area contributed by atoms with Crippen molar-refractivity contribution >= 4 is 44.1 Å². The van der Waals surface area contributed by atoms with Crippen LogP contribution in [0.15, 0.2) is 72.3 Å². The van der Waals surface area contributed by atoms with E-state index in [0.29, 0.717) is 34.4 Å². The molecule has 0 radical (unpaired) electrons. The number of amides is 1. The summed E-state index contributed by atoms with van der Waals surface area (Å²) >= 11 is 1.34. The van der Waals surface area contributed by atoms with E-state index in [4.69, 9.17) is 9.47 Å². The number of thiazole rings is 1. The van der Waals surface area contributed by atoms with Gasteiger partial charge >= 0.3 is 5.91 Å². The fraction of sp³-hybridized carbons (Fsp3) is 0.207. The molecule has 1 saturated heterocycles. The summed E-state index contributed by atoms with van der Waals surface area (Å²) in [7, 11) is 1.52. The van der Waals surface area contributed by atoms with Crippen LogP contribution in [0, 0.1) is 6.92 Å². The summed E-state index contributed by atoms with van der Waals surface area (Å²) in [5.74, 6) is -0.573. The third kappa shape index (κ3) is 4.56. The molecule has 2 heterocycles. The second kappa shape index (κ2) is 10.1. The zero-order valence-electron chi connectivity index (χ0n) is 20.7. The summed E-state index contributed by atoms with van der Waals surface area (Å²) in [5.41, 5.74) is 2.84. The molecule has 188 valence electrons. The molecule has 0 bridgehead atoms. The number of fused-ring (bicyclic) bond motifs is 1. The number of hydrogen-bond donors (Lipinski definition) is 1. The van der Waals surface area contributed by atoms with Gasteiger partial charge in [0.2, 0.25) is 0 Å². The molecule has 1 aliphatic rings. The van der Waals surface area contributed by atoms with Gasteiger partial charge < -0.3 is 14.6 Å². The molecule has 0 aliphatic carbocycles. The largest absolute Gasteiger partial charge is 0.507 e. The molecule has 7 nitrogen and oxygen atoms in total. The van der Waals surface area contributed by atoms with Crippen LogP contribution in [0.2, 0.25) is 0 Å². The van der Waals surface area contributed by atoms with Crippen LogP contribution in [0.25, 0.3) is 16.0 Å². The zero-order valence-corrected chi connectivity index (χ0v) is 21.5.